The predicted molar refractivity (Wildman–Crippen MR) is 182 cm³/mol. The Morgan fingerprint density at radius 2 is 1.10 bits per heavy atom. The van der Waals surface area contributed by atoms with Crippen molar-refractivity contribution in [2.45, 2.75) is 101 Å². The first-order valence-electron chi connectivity index (χ1n) is 16.2. The zero-order valence-electron chi connectivity index (χ0n) is 25.2. The van der Waals surface area contributed by atoms with Crippen molar-refractivity contribution in [2.75, 3.05) is 38.6 Å². The molecular formula is C34H53Cl2N4P. The lowest BCUT2D eigenvalue weighted by atomic mass is 9.90. The summed E-state index contributed by atoms with van der Waals surface area (Å²) in [5.74, 6) is 0. The smallest absolute Gasteiger partial charge is 0.0967 e. The minimum absolute atomic E-state index is 0.194. The molecule has 228 valence electrons. The molecule has 6 rings (SSSR count). The summed E-state index contributed by atoms with van der Waals surface area (Å²) in [5, 5.41) is 10.4. The van der Waals surface area contributed by atoms with Crippen LogP contribution in [-0.2, 0) is 0 Å². The van der Waals surface area contributed by atoms with Crippen LogP contribution in [0.3, 0.4) is 0 Å². The number of halogens is 2. The highest BCUT2D eigenvalue weighted by Gasteiger charge is 2.37. The predicted octanol–water partition coefficient (Wildman–Crippen LogP) is 7.07. The van der Waals surface area contributed by atoms with Gasteiger partial charge in [0.1, 0.15) is 0 Å². The largest absolute Gasteiger partial charge is 0.312 e. The number of piperidine rings is 4. The van der Waals surface area contributed by atoms with E-state index in [1.807, 2.05) is 0 Å². The molecule has 0 radical (unpaired) electrons. The number of hydrogen-bond acceptors (Lipinski definition) is 4. The standard InChI is InChI=1S/C23H31N2P.C10H20N2.CH2Cl2/c1-24-18-10-8-16-22(24)23-17-9-11-19-25(23)26(20-12-4-2-5-13-20)21-14-6-3-7-15-21;1-3-7-11-9(5-1)10-6-2-4-8-12-10;2-1-3/h2-7,12-15,22-23H,8-11,16-19H2,1H3;9-12H,1-8H2;1H2. The van der Waals surface area contributed by atoms with E-state index in [-0.39, 0.29) is 5.34 Å². The van der Waals surface area contributed by atoms with Crippen molar-refractivity contribution in [3.8, 4) is 0 Å². The Bertz CT molecular complexity index is 885. The molecule has 4 unspecified atom stereocenters. The van der Waals surface area contributed by atoms with Crippen LogP contribution in [0, 0.1) is 0 Å². The fourth-order valence-corrected chi connectivity index (χ4v) is 9.90. The van der Waals surface area contributed by atoms with Gasteiger partial charge in [-0.25, -0.2) is 0 Å². The quantitative estimate of drug-likeness (QED) is 0.277. The molecule has 4 aliphatic rings. The fraction of sp³-hybridized carbons (Fsp3) is 0.647. The van der Waals surface area contributed by atoms with E-state index in [9.17, 15) is 0 Å². The van der Waals surface area contributed by atoms with Crippen LogP contribution in [0.15, 0.2) is 60.7 Å². The molecule has 4 fully saturated rings. The van der Waals surface area contributed by atoms with Crippen LogP contribution >= 0.6 is 31.3 Å². The average Bonchev–Trinajstić information content (AvgIpc) is 3.04. The van der Waals surface area contributed by atoms with Gasteiger partial charge in [0.15, 0.2) is 0 Å². The number of nitrogens with one attached hydrogen (secondary N) is 2. The number of alkyl halides is 2. The third kappa shape index (κ3) is 10.2. The Hall–Kier alpha value is -0.710. The van der Waals surface area contributed by atoms with E-state index >= 15 is 0 Å². The van der Waals surface area contributed by atoms with E-state index in [0.717, 1.165) is 18.1 Å². The van der Waals surface area contributed by atoms with Crippen LogP contribution in [0.5, 0.6) is 0 Å². The lowest BCUT2D eigenvalue weighted by Crippen LogP contribution is -2.53. The fourth-order valence-electron chi connectivity index (χ4n) is 7.20. The Morgan fingerprint density at radius 3 is 1.56 bits per heavy atom. The van der Waals surface area contributed by atoms with Crippen LogP contribution < -0.4 is 21.2 Å². The number of nitrogens with zero attached hydrogens (tertiary/aromatic N) is 2. The van der Waals surface area contributed by atoms with Gasteiger partial charge >= 0.3 is 0 Å². The second-order valence-electron chi connectivity index (χ2n) is 12.0. The molecule has 2 aromatic rings. The molecule has 4 nitrogen and oxygen atoms in total. The highest BCUT2D eigenvalue weighted by Crippen LogP contribution is 2.45. The minimum atomic E-state index is -0.446. The van der Waals surface area contributed by atoms with Crippen molar-refractivity contribution in [3.05, 3.63) is 60.7 Å². The van der Waals surface area contributed by atoms with E-state index in [1.165, 1.54) is 114 Å². The minimum Gasteiger partial charge on any atom is -0.312 e. The Morgan fingerprint density at radius 1 is 0.634 bits per heavy atom. The van der Waals surface area contributed by atoms with Crippen LogP contribution in [0.2, 0.25) is 0 Å². The molecular weight excluding hydrogens is 566 g/mol. The highest BCUT2D eigenvalue weighted by atomic mass is 35.5. The lowest BCUT2D eigenvalue weighted by Gasteiger charge is -2.48. The first kappa shape index (κ1) is 33.2. The van der Waals surface area contributed by atoms with Gasteiger partial charge in [0.25, 0.3) is 0 Å². The number of rotatable bonds is 5. The molecule has 0 saturated carbocycles. The van der Waals surface area contributed by atoms with Crippen LogP contribution in [-0.4, -0.2) is 72.3 Å². The first-order valence-corrected chi connectivity index (χ1v) is 18.5. The molecule has 0 spiro atoms. The molecule has 4 aliphatic heterocycles. The van der Waals surface area contributed by atoms with E-state index in [0.29, 0.717) is 6.04 Å². The topological polar surface area (TPSA) is 30.5 Å². The second kappa shape index (κ2) is 18.8. The van der Waals surface area contributed by atoms with Crippen molar-refractivity contribution in [3.63, 3.8) is 0 Å². The van der Waals surface area contributed by atoms with Crippen LogP contribution in [0.1, 0.15) is 77.0 Å². The van der Waals surface area contributed by atoms with Crippen molar-refractivity contribution < 1.29 is 0 Å². The van der Waals surface area contributed by atoms with E-state index in [1.54, 1.807) is 0 Å². The number of likely N-dealkylation sites (tertiary alicyclic amines) is 1. The average molecular weight is 620 g/mol. The number of likely N-dealkylation sites (N-methyl/N-ethyl adjacent to an activating group) is 1. The van der Waals surface area contributed by atoms with Gasteiger partial charge in [-0.1, -0.05) is 86.3 Å². The molecule has 0 amide bonds. The zero-order valence-corrected chi connectivity index (χ0v) is 27.6. The van der Waals surface area contributed by atoms with Gasteiger partial charge in [-0.3, -0.25) is 4.67 Å². The maximum absolute atomic E-state index is 4.76. The van der Waals surface area contributed by atoms with Crippen molar-refractivity contribution >= 4 is 41.9 Å². The molecule has 41 heavy (non-hydrogen) atoms. The van der Waals surface area contributed by atoms with E-state index in [4.69, 9.17) is 23.2 Å². The maximum atomic E-state index is 4.76. The van der Waals surface area contributed by atoms with Crippen molar-refractivity contribution in [1.82, 2.24) is 20.2 Å². The van der Waals surface area contributed by atoms with Gasteiger partial charge < -0.3 is 15.5 Å². The SMILES string of the molecule is C1CCC(C2CCCCN2)NC1.CN1CCCCC1C1CCCCN1P(c1ccccc1)c1ccccc1.ClCCl. The van der Waals surface area contributed by atoms with E-state index in [2.05, 4.69) is 87.9 Å². The van der Waals surface area contributed by atoms with Crippen LogP contribution in [0.25, 0.3) is 0 Å². The second-order valence-corrected chi connectivity index (χ2v) is 14.9. The van der Waals surface area contributed by atoms with Crippen molar-refractivity contribution in [1.29, 1.82) is 0 Å². The molecule has 2 N–H and O–H groups in total. The summed E-state index contributed by atoms with van der Waals surface area (Å²) in [7, 11) is 1.91. The molecule has 2 aromatic carbocycles. The summed E-state index contributed by atoms with van der Waals surface area (Å²) < 4.78 is 2.90. The Labute approximate surface area is 261 Å². The first-order chi connectivity index (χ1) is 20.2. The van der Waals surface area contributed by atoms with Gasteiger partial charge in [0.2, 0.25) is 0 Å². The molecule has 0 bridgehead atoms. The zero-order chi connectivity index (χ0) is 28.7. The van der Waals surface area contributed by atoms with Gasteiger partial charge in [-0.05, 0) is 88.7 Å². The maximum Gasteiger partial charge on any atom is 0.0967 e. The van der Waals surface area contributed by atoms with Gasteiger partial charge in [-0.15, -0.1) is 23.2 Å². The van der Waals surface area contributed by atoms with Gasteiger partial charge in [0, 0.05) is 38.8 Å². The third-order valence-electron chi connectivity index (χ3n) is 9.23. The Kier molecular flexibility index (Phi) is 15.3. The summed E-state index contributed by atoms with van der Waals surface area (Å²) in [5.41, 5.74) is 0. The molecule has 4 heterocycles. The van der Waals surface area contributed by atoms with Crippen molar-refractivity contribution in [2.24, 2.45) is 0 Å². The normalized spacial score (nSPS) is 27.7. The monoisotopic (exact) mass is 618 g/mol. The molecule has 4 saturated heterocycles. The van der Waals surface area contributed by atoms with E-state index < -0.39 is 8.07 Å². The molecule has 0 aromatic heterocycles. The molecule has 7 heteroatoms. The third-order valence-corrected chi connectivity index (χ3v) is 11.8. The summed E-state index contributed by atoms with van der Waals surface area (Å²) in [6.45, 7) is 4.99. The highest BCUT2D eigenvalue weighted by molar-refractivity contribution is 7.70. The summed E-state index contributed by atoms with van der Waals surface area (Å²) in [6, 6.07) is 25.5. The lowest BCUT2D eigenvalue weighted by molar-refractivity contribution is 0.0928. The number of benzene rings is 2. The van der Waals surface area contributed by atoms with Gasteiger partial charge in [-0.2, -0.15) is 0 Å². The summed E-state index contributed by atoms with van der Waals surface area (Å²) in [6.07, 6.45) is 16.6. The Balaban J connectivity index is 0.000000214. The van der Waals surface area contributed by atoms with Gasteiger partial charge in [0.05, 0.1) is 5.34 Å². The summed E-state index contributed by atoms with van der Waals surface area (Å²) >= 11 is 9.53. The number of hydrogen-bond donors (Lipinski definition) is 2. The summed E-state index contributed by atoms with van der Waals surface area (Å²) in [4.78, 5) is 2.65. The van der Waals surface area contributed by atoms with Crippen LogP contribution in [0.4, 0.5) is 0 Å². The molecule has 0 aliphatic carbocycles. The molecule has 4 atom stereocenters.